The van der Waals surface area contributed by atoms with Crippen LogP contribution in [0, 0.1) is 0 Å². The van der Waals surface area contributed by atoms with Crippen LogP contribution < -0.4 is 10.6 Å². The van der Waals surface area contributed by atoms with Gasteiger partial charge in [0.05, 0.1) is 0 Å². The Labute approximate surface area is 111 Å². The number of nitrogens with one attached hydrogen (secondary N) is 2. The molecule has 1 amide bonds. The molecule has 0 spiro atoms. The van der Waals surface area contributed by atoms with Gasteiger partial charge < -0.3 is 15.5 Å². The molecule has 0 bridgehead atoms. The summed E-state index contributed by atoms with van der Waals surface area (Å²) >= 11 is 5.77. The second-order valence-electron chi connectivity index (χ2n) is 3.88. The van der Waals surface area contributed by atoms with Gasteiger partial charge in [-0.2, -0.15) is 15.0 Å². The van der Waals surface area contributed by atoms with Crippen LogP contribution in [0.1, 0.15) is 13.8 Å². The largest absolute Gasteiger partial charge is 0.354 e. The van der Waals surface area contributed by atoms with Crippen LogP contribution in [0.2, 0.25) is 5.28 Å². The molecule has 0 aliphatic carbocycles. The minimum Gasteiger partial charge on any atom is -0.354 e. The van der Waals surface area contributed by atoms with Crippen LogP contribution in [-0.4, -0.2) is 52.4 Å². The van der Waals surface area contributed by atoms with Crippen molar-refractivity contribution in [2.75, 3.05) is 31.3 Å². The fourth-order valence-corrected chi connectivity index (χ4v) is 1.45. The number of aromatic nitrogens is 3. The van der Waals surface area contributed by atoms with Gasteiger partial charge in [-0.05, 0) is 25.4 Å². The Morgan fingerprint density at radius 3 is 2.50 bits per heavy atom. The molecule has 0 saturated carbocycles. The van der Waals surface area contributed by atoms with Gasteiger partial charge in [0.1, 0.15) is 6.04 Å². The maximum atomic E-state index is 11.7. The molecule has 1 heterocycles. The number of carbonyl (C=O) groups is 1. The van der Waals surface area contributed by atoms with Crippen molar-refractivity contribution in [3.05, 3.63) is 5.28 Å². The van der Waals surface area contributed by atoms with E-state index < -0.39 is 6.04 Å². The average molecular weight is 273 g/mol. The summed E-state index contributed by atoms with van der Waals surface area (Å²) in [5.41, 5.74) is 0. The molecule has 1 atom stereocenters. The fourth-order valence-electron chi connectivity index (χ4n) is 1.29. The number of amides is 1. The molecule has 0 radical (unpaired) electrons. The van der Waals surface area contributed by atoms with E-state index >= 15 is 0 Å². The lowest BCUT2D eigenvalue weighted by molar-refractivity contribution is -0.129. The van der Waals surface area contributed by atoms with E-state index in [1.165, 1.54) is 4.90 Å². The highest BCUT2D eigenvalue weighted by Crippen LogP contribution is 2.10. The number of hydrogen-bond acceptors (Lipinski definition) is 6. The highest BCUT2D eigenvalue weighted by Gasteiger charge is 2.16. The molecule has 0 aliphatic rings. The first-order valence-electron chi connectivity index (χ1n) is 5.57. The van der Waals surface area contributed by atoms with Crippen LogP contribution in [-0.2, 0) is 4.79 Å². The predicted octanol–water partition coefficient (Wildman–Crippen LogP) is 0.845. The lowest BCUT2D eigenvalue weighted by Crippen LogP contribution is -2.37. The van der Waals surface area contributed by atoms with E-state index in [1.54, 1.807) is 21.0 Å². The second kappa shape index (κ2) is 6.34. The zero-order chi connectivity index (χ0) is 13.7. The normalized spacial score (nSPS) is 11.8. The number of nitrogens with zero attached hydrogens (tertiary/aromatic N) is 4. The van der Waals surface area contributed by atoms with E-state index in [1.807, 2.05) is 6.92 Å². The van der Waals surface area contributed by atoms with Gasteiger partial charge in [0.2, 0.25) is 23.1 Å². The monoisotopic (exact) mass is 272 g/mol. The fraction of sp³-hybridized carbons (Fsp3) is 0.600. The Bertz CT molecular complexity index is 425. The number of halogens is 1. The molecular formula is C10H17ClN6O. The third kappa shape index (κ3) is 3.99. The molecule has 7 nitrogen and oxygen atoms in total. The molecular weight excluding hydrogens is 256 g/mol. The highest BCUT2D eigenvalue weighted by molar-refractivity contribution is 6.28. The summed E-state index contributed by atoms with van der Waals surface area (Å²) in [5, 5.41) is 5.89. The van der Waals surface area contributed by atoms with E-state index in [0.29, 0.717) is 12.5 Å². The summed E-state index contributed by atoms with van der Waals surface area (Å²) in [6.45, 7) is 4.32. The summed E-state index contributed by atoms with van der Waals surface area (Å²) in [4.78, 5) is 25.1. The summed E-state index contributed by atoms with van der Waals surface area (Å²) in [7, 11) is 3.37. The Morgan fingerprint density at radius 2 is 1.94 bits per heavy atom. The van der Waals surface area contributed by atoms with Crippen LogP contribution in [0.4, 0.5) is 11.9 Å². The van der Waals surface area contributed by atoms with Gasteiger partial charge in [-0.25, -0.2) is 0 Å². The first-order chi connectivity index (χ1) is 8.43. The van der Waals surface area contributed by atoms with Gasteiger partial charge in [0.25, 0.3) is 0 Å². The Hall–Kier alpha value is -1.63. The van der Waals surface area contributed by atoms with Gasteiger partial charge in [-0.3, -0.25) is 4.79 Å². The first kappa shape index (κ1) is 14.4. The molecule has 100 valence electrons. The SMILES string of the molecule is CCNc1nc(Cl)nc(NC(C)C(=O)N(C)C)n1. The van der Waals surface area contributed by atoms with E-state index in [4.69, 9.17) is 11.6 Å². The van der Waals surface area contributed by atoms with Gasteiger partial charge in [0, 0.05) is 20.6 Å². The zero-order valence-corrected chi connectivity index (χ0v) is 11.6. The van der Waals surface area contributed by atoms with Crippen molar-refractivity contribution in [1.82, 2.24) is 19.9 Å². The van der Waals surface area contributed by atoms with Gasteiger partial charge in [-0.15, -0.1) is 0 Å². The van der Waals surface area contributed by atoms with Gasteiger partial charge in [0.15, 0.2) is 0 Å². The van der Waals surface area contributed by atoms with Crippen LogP contribution in [0.5, 0.6) is 0 Å². The Balaban J connectivity index is 2.80. The van der Waals surface area contributed by atoms with E-state index in [9.17, 15) is 4.79 Å². The van der Waals surface area contributed by atoms with Crippen molar-refractivity contribution >= 4 is 29.4 Å². The maximum absolute atomic E-state index is 11.7. The Morgan fingerprint density at radius 1 is 1.33 bits per heavy atom. The van der Waals surface area contributed by atoms with Crippen molar-refractivity contribution in [3.8, 4) is 0 Å². The number of rotatable bonds is 5. The Kier molecular flexibility index (Phi) is 5.08. The molecule has 2 N–H and O–H groups in total. The maximum Gasteiger partial charge on any atom is 0.244 e. The second-order valence-corrected chi connectivity index (χ2v) is 4.22. The molecule has 1 unspecified atom stereocenters. The molecule has 1 aromatic heterocycles. The van der Waals surface area contributed by atoms with E-state index in [0.717, 1.165) is 0 Å². The first-order valence-corrected chi connectivity index (χ1v) is 5.95. The molecule has 0 fully saturated rings. The van der Waals surface area contributed by atoms with Crippen LogP contribution in [0.15, 0.2) is 0 Å². The van der Waals surface area contributed by atoms with Crippen molar-refractivity contribution in [1.29, 1.82) is 0 Å². The van der Waals surface area contributed by atoms with Crippen molar-refractivity contribution in [3.63, 3.8) is 0 Å². The van der Waals surface area contributed by atoms with Crippen molar-refractivity contribution < 1.29 is 4.79 Å². The lowest BCUT2D eigenvalue weighted by Gasteiger charge is -2.18. The smallest absolute Gasteiger partial charge is 0.244 e. The van der Waals surface area contributed by atoms with Crippen LogP contribution >= 0.6 is 11.6 Å². The summed E-state index contributed by atoms with van der Waals surface area (Å²) in [6, 6.07) is -0.437. The standard InChI is InChI=1S/C10H17ClN6O/c1-5-12-9-14-8(11)15-10(16-9)13-6(2)7(18)17(3)4/h6H,5H2,1-4H3,(H2,12,13,14,15,16). The molecule has 18 heavy (non-hydrogen) atoms. The van der Waals surface area contributed by atoms with Crippen LogP contribution in [0.3, 0.4) is 0 Å². The molecule has 8 heteroatoms. The number of hydrogen-bond donors (Lipinski definition) is 2. The summed E-state index contributed by atoms with van der Waals surface area (Å²) < 4.78 is 0. The highest BCUT2D eigenvalue weighted by atomic mass is 35.5. The van der Waals surface area contributed by atoms with Gasteiger partial charge in [-0.1, -0.05) is 0 Å². The predicted molar refractivity (Wildman–Crippen MR) is 70.8 cm³/mol. The number of likely N-dealkylation sites (N-methyl/N-ethyl adjacent to an activating group) is 1. The number of carbonyl (C=O) groups excluding carboxylic acids is 1. The topological polar surface area (TPSA) is 83.0 Å². The molecule has 0 saturated heterocycles. The van der Waals surface area contributed by atoms with Crippen molar-refractivity contribution in [2.45, 2.75) is 19.9 Å². The average Bonchev–Trinajstić information content (AvgIpc) is 2.27. The quantitative estimate of drug-likeness (QED) is 0.827. The minimum atomic E-state index is -0.437. The van der Waals surface area contributed by atoms with Crippen LogP contribution in [0.25, 0.3) is 0 Å². The molecule has 0 aromatic carbocycles. The van der Waals surface area contributed by atoms with E-state index in [2.05, 4.69) is 25.6 Å². The van der Waals surface area contributed by atoms with Gasteiger partial charge >= 0.3 is 0 Å². The number of anilines is 2. The lowest BCUT2D eigenvalue weighted by atomic mass is 10.3. The zero-order valence-electron chi connectivity index (χ0n) is 10.9. The summed E-state index contributed by atoms with van der Waals surface area (Å²) in [5.74, 6) is 0.578. The molecule has 1 aromatic rings. The molecule has 1 rings (SSSR count). The summed E-state index contributed by atoms with van der Waals surface area (Å²) in [6.07, 6.45) is 0. The van der Waals surface area contributed by atoms with Crippen molar-refractivity contribution in [2.24, 2.45) is 0 Å². The molecule has 0 aliphatic heterocycles. The third-order valence-electron chi connectivity index (χ3n) is 2.10. The third-order valence-corrected chi connectivity index (χ3v) is 2.27. The minimum absolute atomic E-state index is 0.0727. The van der Waals surface area contributed by atoms with E-state index in [-0.39, 0.29) is 17.1 Å².